The summed E-state index contributed by atoms with van der Waals surface area (Å²) < 4.78 is 10.0. The fourth-order valence-corrected chi connectivity index (χ4v) is 3.23. The molecule has 1 aromatic carbocycles. The number of cyclic esters (lactones) is 1. The van der Waals surface area contributed by atoms with E-state index in [0.29, 0.717) is 5.56 Å². The van der Waals surface area contributed by atoms with Crippen LogP contribution in [0.3, 0.4) is 0 Å². The summed E-state index contributed by atoms with van der Waals surface area (Å²) in [6.07, 6.45) is 0. The Labute approximate surface area is 129 Å². The minimum absolute atomic E-state index is 0.120. The molecule has 0 N–H and O–H groups in total. The van der Waals surface area contributed by atoms with Gasteiger partial charge in [0.2, 0.25) is 0 Å². The molecule has 1 saturated heterocycles. The Morgan fingerprint density at radius 1 is 1.23 bits per heavy atom. The van der Waals surface area contributed by atoms with Crippen LogP contribution in [0.2, 0.25) is 0 Å². The smallest absolute Gasteiger partial charge is 0.321 e. The van der Waals surface area contributed by atoms with E-state index in [-0.39, 0.29) is 5.78 Å². The fraction of sp³-hybridized carbons (Fsp3) is 0.471. The van der Waals surface area contributed by atoms with E-state index in [0.717, 1.165) is 0 Å². The molecule has 22 heavy (non-hydrogen) atoms. The van der Waals surface area contributed by atoms with Gasteiger partial charge in [0.15, 0.2) is 11.7 Å². The maximum atomic E-state index is 12.7. The molecule has 0 radical (unpaired) electrons. The van der Waals surface area contributed by atoms with Gasteiger partial charge in [-0.1, -0.05) is 37.3 Å². The second kappa shape index (κ2) is 5.91. The predicted octanol–water partition coefficient (Wildman–Crippen LogP) is 2.25. The summed E-state index contributed by atoms with van der Waals surface area (Å²) >= 11 is 0. The topological polar surface area (TPSA) is 69.7 Å². The lowest BCUT2D eigenvalue weighted by atomic mass is 9.72. The van der Waals surface area contributed by atoms with Crippen LogP contribution in [0.1, 0.15) is 31.1 Å². The SMILES string of the molecule is COC(=O)[C@@H]1C(=O)OC(C)(C)[C@H]1[C@H](C)C(=O)c1ccccc1. The number of benzene rings is 1. The van der Waals surface area contributed by atoms with Crippen LogP contribution in [0.15, 0.2) is 30.3 Å². The molecular weight excluding hydrogens is 284 g/mol. The average Bonchev–Trinajstić information content (AvgIpc) is 2.74. The summed E-state index contributed by atoms with van der Waals surface area (Å²) in [6.45, 7) is 5.15. The van der Waals surface area contributed by atoms with E-state index >= 15 is 0 Å². The molecule has 0 aliphatic carbocycles. The van der Waals surface area contributed by atoms with Crippen LogP contribution in [0.5, 0.6) is 0 Å². The van der Waals surface area contributed by atoms with Crippen LogP contribution in [-0.2, 0) is 19.1 Å². The second-order valence-electron chi connectivity index (χ2n) is 6.07. The molecule has 5 nitrogen and oxygen atoms in total. The molecule has 0 amide bonds. The van der Waals surface area contributed by atoms with Gasteiger partial charge in [0.05, 0.1) is 7.11 Å². The summed E-state index contributed by atoms with van der Waals surface area (Å²) in [4.78, 5) is 36.6. The third kappa shape index (κ3) is 2.75. The Morgan fingerprint density at radius 2 is 1.82 bits per heavy atom. The van der Waals surface area contributed by atoms with Crippen molar-refractivity contribution in [1.82, 2.24) is 0 Å². The Kier molecular flexibility index (Phi) is 4.35. The predicted molar refractivity (Wildman–Crippen MR) is 79.1 cm³/mol. The molecule has 1 fully saturated rings. The van der Waals surface area contributed by atoms with E-state index in [1.807, 2.05) is 6.07 Å². The molecule has 1 heterocycles. The highest BCUT2D eigenvalue weighted by Gasteiger charge is 2.57. The molecule has 5 heteroatoms. The quantitative estimate of drug-likeness (QED) is 0.485. The van der Waals surface area contributed by atoms with Crippen molar-refractivity contribution >= 4 is 17.7 Å². The molecule has 1 aromatic rings. The highest BCUT2D eigenvalue weighted by atomic mass is 16.6. The van der Waals surface area contributed by atoms with Gasteiger partial charge in [-0.15, -0.1) is 0 Å². The number of Topliss-reactive ketones (excluding diaryl/α,β-unsaturated/α-hetero) is 1. The van der Waals surface area contributed by atoms with Gasteiger partial charge in [0, 0.05) is 17.4 Å². The van der Waals surface area contributed by atoms with Crippen molar-refractivity contribution in [3.63, 3.8) is 0 Å². The summed E-state index contributed by atoms with van der Waals surface area (Å²) in [6, 6.07) is 8.82. The first kappa shape index (κ1) is 16.2. The molecule has 2 rings (SSSR count). The number of carbonyl (C=O) groups excluding carboxylic acids is 3. The fourth-order valence-electron chi connectivity index (χ4n) is 3.23. The molecule has 0 aromatic heterocycles. The zero-order valence-corrected chi connectivity index (χ0v) is 13.2. The van der Waals surface area contributed by atoms with Gasteiger partial charge in [-0.05, 0) is 13.8 Å². The molecule has 118 valence electrons. The first-order valence-corrected chi connectivity index (χ1v) is 7.19. The van der Waals surface area contributed by atoms with Gasteiger partial charge >= 0.3 is 11.9 Å². The van der Waals surface area contributed by atoms with Crippen molar-refractivity contribution < 1.29 is 23.9 Å². The van der Waals surface area contributed by atoms with Crippen molar-refractivity contribution in [2.45, 2.75) is 26.4 Å². The number of hydrogen-bond donors (Lipinski definition) is 0. The van der Waals surface area contributed by atoms with Crippen LogP contribution in [0.4, 0.5) is 0 Å². The van der Waals surface area contributed by atoms with Crippen LogP contribution >= 0.6 is 0 Å². The molecule has 3 atom stereocenters. The summed E-state index contributed by atoms with van der Waals surface area (Å²) in [5.74, 6) is -3.59. The number of esters is 2. The number of ether oxygens (including phenoxy) is 2. The third-order valence-corrected chi connectivity index (χ3v) is 4.25. The molecule has 0 unspecified atom stereocenters. The number of ketones is 1. The van der Waals surface area contributed by atoms with Crippen LogP contribution < -0.4 is 0 Å². The molecule has 0 spiro atoms. The Hall–Kier alpha value is -2.17. The number of methoxy groups -OCH3 is 1. The number of hydrogen-bond acceptors (Lipinski definition) is 5. The van der Waals surface area contributed by atoms with E-state index < -0.39 is 35.3 Å². The Morgan fingerprint density at radius 3 is 2.36 bits per heavy atom. The van der Waals surface area contributed by atoms with Gasteiger partial charge in [-0.3, -0.25) is 14.4 Å². The lowest BCUT2D eigenvalue weighted by Gasteiger charge is -2.30. The highest BCUT2D eigenvalue weighted by Crippen LogP contribution is 2.43. The number of rotatable bonds is 4. The molecule has 0 saturated carbocycles. The molecule has 1 aliphatic rings. The largest absolute Gasteiger partial charge is 0.468 e. The Balaban J connectivity index is 2.36. The molecular formula is C17H20O5. The summed E-state index contributed by atoms with van der Waals surface area (Å²) in [5, 5.41) is 0. The van der Waals surface area contributed by atoms with E-state index in [2.05, 4.69) is 0 Å². The van der Waals surface area contributed by atoms with E-state index in [9.17, 15) is 14.4 Å². The first-order chi connectivity index (χ1) is 10.3. The van der Waals surface area contributed by atoms with Gasteiger partial charge in [0.25, 0.3) is 0 Å². The lowest BCUT2D eigenvalue weighted by molar-refractivity contribution is -0.156. The van der Waals surface area contributed by atoms with E-state index in [4.69, 9.17) is 9.47 Å². The van der Waals surface area contributed by atoms with E-state index in [1.165, 1.54) is 7.11 Å². The van der Waals surface area contributed by atoms with Crippen molar-refractivity contribution in [3.8, 4) is 0 Å². The van der Waals surface area contributed by atoms with Crippen molar-refractivity contribution in [2.75, 3.05) is 7.11 Å². The van der Waals surface area contributed by atoms with Gasteiger partial charge in [-0.25, -0.2) is 0 Å². The lowest BCUT2D eigenvalue weighted by Crippen LogP contribution is -2.41. The maximum Gasteiger partial charge on any atom is 0.321 e. The zero-order valence-electron chi connectivity index (χ0n) is 13.2. The second-order valence-corrected chi connectivity index (χ2v) is 6.07. The standard InChI is InChI=1S/C17H20O5/c1-10(14(18)11-8-6-5-7-9-11)13-12(15(19)21-4)16(20)22-17(13,2)3/h5-10,12-13H,1-4H3/t10-,12+,13-/m0/s1. The molecule has 1 aliphatic heterocycles. The Bertz CT molecular complexity index is 590. The van der Waals surface area contributed by atoms with Crippen LogP contribution in [0, 0.1) is 17.8 Å². The minimum atomic E-state index is -1.07. The van der Waals surface area contributed by atoms with Crippen LogP contribution in [-0.4, -0.2) is 30.4 Å². The first-order valence-electron chi connectivity index (χ1n) is 7.19. The van der Waals surface area contributed by atoms with Crippen molar-refractivity contribution in [1.29, 1.82) is 0 Å². The minimum Gasteiger partial charge on any atom is -0.468 e. The van der Waals surface area contributed by atoms with Crippen LogP contribution in [0.25, 0.3) is 0 Å². The van der Waals surface area contributed by atoms with Crippen molar-refractivity contribution in [2.24, 2.45) is 17.8 Å². The normalized spacial score (nSPS) is 24.5. The highest BCUT2D eigenvalue weighted by molar-refractivity contribution is 6.01. The summed E-state index contributed by atoms with van der Waals surface area (Å²) in [5.41, 5.74) is -0.353. The molecule has 0 bridgehead atoms. The van der Waals surface area contributed by atoms with Gasteiger partial charge in [-0.2, -0.15) is 0 Å². The van der Waals surface area contributed by atoms with E-state index in [1.54, 1.807) is 45.0 Å². The summed E-state index contributed by atoms with van der Waals surface area (Å²) in [7, 11) is 1.22. The number of carbonyl (C=O) groups is 3. The van der Waals surface area contributed by atoms with Crippen molar-refractivity contribution in [3.05, 3.63) is 35.9 Å². The monoisotopic (exact) mass is 304 g/mol. The van der Waals surface area contributed by atoms with Gasteiger partial charge < -0.3 is 9.47 Å². The van der Waals surface area contributed by atoms with Gasteiger partial charge in [0.1, 0.15) is 5.60 Å². The maximum absolute atomic E-state index is 12.7. The average molecular weight is 304 g/mol. The zero-order chi connectivity index (χ0) is 16.5. The third-order valence-electron chi connectivity index (χ3n) is 4.25.